The van der Waals surface area contributed by atoms with Crippen molar-refractivity contribution in [2.24, 2.45) is 0 Å². The molecule has 8 heteroatoms. The van der Waals surface area contributed by atoms with E-state index in [1.807, 2.05) is 23.5 Å². The SMILES string of the molecule is Cc1ccc(-n2c3ccccc3c3c4c(ccc32)sc2ccccc24)cc1.Cc1ccc(-n2c3ccccc3c3c4c5ccccc5n(-c5ccccc5)c4ccc32)cc1.Cc1cccc(-n2c3ccccc3c3c4c(ccc32)oc2ccccc24)c1.Cc1cccc(-n2c3ccccc3c3c4c5ccccc5n(-c5ccccc5)c4ccc32)c1. The van der Waals surface area contributed by atoms with Crippen molar-refractivity contribution >= 4 is 184 Å². The van der Waals surface area contributed by atoms with Crippen molar-refractivity contribution in [1.29, 1.82) is 0 Å². The predicted molar refractivity (Wildman–Crippen MR) is 511 cm³/mol. The Morgan fingerprint density at radius 2 is 0.450 bits per heavy atom. The molecule has 0 aliphatic heterocycles. The maximum absolute atomic E-state index is 6.13. The quantitative estimate of drug-likeness (QED) is 0.164. The number of fused-ring (bicyclic) bond motifs is 28. The van der Waals surface area contributed by atoms with Crippen molar-refractivity contribution in [2.75, 3.05) is 0 Å². The zero-order valence-corrected chi connectivity index (χ0v) is 67.4. The van der Waals surface area contributed by atoms with Crippen LogP contribution in [0.5, 0.6) is 0 Å². The zero-order chi connectivity index (χ0) is 79.8. The van der Waals surface area contributed by atoms with Gasteiger partial charge >= 0.3 is 0 Å². The van der Waals surface area contributed by atoms with Gasteiger partial charge in [0.15, 0.2) is 0 Å². The Labute approximate surface area is 695 Å². The van der Waals surface area contributed by atoms with Crippen molar-refractivity contribution in [3.05, 3.63) is 423 Å². The molecular weight excluding hydrogens is 1480 g/mol. The smallest absolute Gasteiger partial charge is 0.136 e. The van der Waals surface area contributed by atoms with E-state index in [4.69, 9.17) is 4.42 Å². The third kappa shape index (κ3) is 11.2. The van der Waals surface area contributed by atoms with Gasteiger partial charge in [-0.3, -0.25) is 0 Å². The Bertz CT molecular complexity index is 8570. The number of nitrogens with zero attached hydrogens (tertiary/aromatic N) is 6. The lowest BCUT2D eigenvalue weighted by Gasteiger charge is -2.09. The molecule has 0 spiro atoms. The number of para-hydroxylation sites is 9. The second kappa shape index (κ2) is 28.3. The average molecular weight is 1560 g/mol. The van der Waals surface area contributed by atoms with Crippen LogP contribution < -0.4 is 0 Å². The minimum atomic E-state index is 0.937. The van der Waals surface area contributed by atoms with Crippen LogP contribution in [0.1, 0.15) is 22.3 Å². The van der Waals surface area contributed by atoms with Crippen LogP contribution in [0.2, 0.25) is 0 Å². The highest BCUT2D eigenvalue weighted by Crippen LogP contribution is 2.48. The molecule has 0 atom stereocenters. The van der Waals surface area contributed by atoms with E-state index in [9.17, 15) is 0 Å². The van der Waals surface area contributed by atoms with Crippen molar-refractivity contribution < 1.29 is 4.42 Å². The molecule has 120 heavy (non-hydrogen) atoms. The summed E-state index contributed by atoms with van der Waals surface area (Å²) >= 11 is 1.88. The Balaban J connectivity index is 0.0000000938. The van der Waals surface area contributed by atoms with Crippen molar-refractivity contribution in [3.8, 4) is 34.1 Å². The molecule has 8 aromatic heterocycles. The number of hydrogen-bond donors (Lipinski definition) is 0. The van der Waals surface area contributed by atoms with Crippen LogP contribution in [-0.2, 0) is 0 Å². The molecule has 568 valence electrons. The standard InChI is InChI=1S/2C31H22N2.C25H17NO.C25H17NS/c1-21-10-9-13-23(20-21)33-27-17-8-6-15-25(27)31-29(33)19-18-28-30(31)24-14-5-7-16-26(24)32(28)22-11-3-2-4-12-22;1-21-15-17-23(18-16-21)33-27-14-8-6-12-25(27)31-29(33)20-19-28-30(31)24-11-5-7-13-26(24)32(28)22-9-3-2-4-10-22;1-16-7-6-8-17(15-16)26-20-11-4-2-9-18(20)24-21(26)13-14-23-25(24)19-10-3-5-12-22(19)27-23;1-16-10-12-17(13-11-16)26-20-8-4-2-6-18(20)24-21(26)14-15-23-25(24)19-7-3-5-9-22(19)27-23/h2*2-20H,1H3;2*2-15H,1H3. The lowest BCUT2D eigenvalue weighted by molar-refractivity contribution is 0.669. The highest BCUT2D eigenvalue weighted by Gasteiger charge is 2.25. The maximum Gasteiger partial charge on any atom is 0.136 e. The van der Waals surface area contributed by atoms with E-state index in [0.717, 1.165) is 11.2 Å². The van der Waals surface area contributed by atoms with E-state index in [-0.39, 0.29) is 0 Å². The van der Waals surface area contributed by atoms with Crippen LogP contribution in [0.3, 0.4) is 0 Å². The monoisotopic (exact) mass is 1550 g/mol. The second-order valence-electron chi connectivity index (χ2n) is 31.7. The van der Waals surface area contributed by atoms with Crippen LogP contribution in [-0.4, -0.2) is 27.4 Å². The van der Waals surface area contributed by atoms with Crippen LogP contribution in [0, 0.1) is 27.7 Å². The number of hydrogen-bond acceptors (Lipinski definition) is 2. The van der Waals surface area contributed by atoms with Crippen LogP contribution in [0.15, 0.2) is 405 Å². The Kier molecular flexibility index (Phi) is 16.6. The van der Waals surface area contributed by atoms with Crippen molar-refractivity contribution in [2.45, 2.75) is 27.7 Å². The fraction of sp³-hybridized carbons (Fsp3) is 0.0357. The lowest BCUT2D eigenvalue weighted by Crippen LogP contribution is -1.95. The first-order valence-electron chi connectivity index (χ1n) is 41.2. The summed E-state index contributed by atoms with van der Waals surface area (Å²) in [5.74, 6) is 0. The van der Waals surface area contributed by atoms with E-state index in [2.05, 4.69) is 443 Å². The van der Waals surface area contributed by atoms with E-state index >= 15 is 0 Å². The normalized spacial score (nSPS) is 11.8. The fourth-order valence-electron chi connectivity index (χ4n) is 19.3. The number of thiophene rings is 1. The number of aryl methyl sites for hydroxylation is 4. The van der Waals surface area contributed by atoms with Gasteiger partial charge in [0.1, 0.15) is 11.2 Å². The van der Waals surface area contributed by atoms with Gasteiger partial charge in [-0.25, -0.2) is 0 Å². The first-order chi connectivity index (χ1) is 59.2. The predicted octanol–water partition coefficient (Wildman–Crippen LogP) is 30.8. The summed E-state index contributed by atoms with van der Waals surface area (Å²) in [6.07, 6.45) is 0. The molecule has 26 aromatic rings. The molecule has 0 saturated carbocycles. The zero-order valence-electron chi connectivity index (χ0n) is 66.6. The van der Waals surface area contributed by atoms with Gasteiger partial charge in [0, 0.05) is 130 Å². The van der Waals surface area contributed by atoms with E-state index in [1.165, 1.54) is 218 Å². The van der Waals surface area contributed by atoms with Gasteiger partial charge in [-0.05, 0) is 209 Å². The van der Waals surface area contributed by atoms with Gasteiger partial charge < -0.3 is 31.8 Å². The van der Waals surface area contributed by atoms with E-state index in [0.29, 0.717) is 0 Å². The van der Waals surface area contributed by atoms with Gasteiger partial charge in [0.2, 0.25) is 0 Å². The van der Waals surface area contributed by atoms with E-state index < -0.39 is 0 Å². The average Bonchev–Trinajstić information content (AvgIpc) is 1.57. The third-order valence-corrected chi connectivity index (χ3v) is 25.6. The minimum Gasteiger partial charge on any atom is -0.456 e. The summed E-state index contributed by atoms with van der Waals surface area (Å²) in [7, 11) is 0. The molecular formula is C112H78N6OS. The van der Waals surface area contributed by atoms with Crippen molar-refractivity contribution in [3.63, 3.8) is 0 Å². The summed E-state index contributed by atoms with van der Waals surface area (Å²) in [6.45, 7) is 8.57. The molecule has 0 radical (unpaired) electrons. The van der Waals surface area contributed by atoms with Gasteiger partial charge in [0.25, 0.3) is 0 Å². The molecule has 0 fully saturated rings. The van der Waals surface area contributed by atoms with Crippen LogP contribution >= 0.6 is 11.3 Å². The molecule has 0 aliphatic carbocycles. The third-order valence-electron chi connectivity index (χ3n) is 24.4. The van der Waals surface area contributed by atoms with Gasteiger partial charge in [-0.1, -0.05) is 242 Å². The maximum atomic E-state index is 6.13. The molecule has 0 N–H and O–H groups in total. The summed E-state index contributed by atoms with van der Waals surface area (Å²) in [5.41, 5.74) is 29.0. The van der Waals surface area contributed by atoms with Gasteiger partial charge in [-0.2, -0.15) is 0 Å². The number of furan rings is 1. The number of benzene rings is 18. The summed E-state index contributed by atoms with van der Waals surface area (Å²) in [4.78, 5) is 0. The molecule has 7 nitrogen and oxygen atoms in total. The minimum absolute atomic E-state index is 0.937. The molecule has 18 aromatic carbocycles. The first kappa shape index (κ1) is 70.2. The van der Waals surface area contributed by atoms with Crippen molar-refractivity contribution in [1.82, 2.24) is 27.4 Å². The first-order valence-corrected chi connectivity index (χ1v) is 42.0. The topological polar surface area (TPSA) is 42.7 Å². The number of rotatable bonds is 6. The summed E-state index contributed by atoms with van der Waals surface area (Å²) in [5, 5.41) is 20.7. The molecule has 26 rings (SSSR count). The summed E-state index contributed by atoms with van der Waals surface area (Å²) in [6, 6.07) is 144. The fourth-order valence-corrected chi connectivity index (χ4v) is 20.4. The Morgan fingerprint density at radius 3 is 0.833 bits per heavy atom. The molecule has 0 bridgehead atoms. The molecule has 0 aliphatic rings. The van der Waals surface area contributed by atoms with Gasteiger partial charge in [0.05, 0.1) is 66.2 Å². The highest BCUT2D eigenvalue weighted by atomic mass is 32.1. The van der Waals surface area contributed by atoms with Gasteiger partial charge in [-0.15, -0.1) is 11.3 Å². The highest BCUT2D eigenvalue weighted by molar-refractivity contribution is 7.26. The molecule has 0 amide bonds. The molecule has 8 heterocycles. The molecule has 0 saturated heterocycles. The second-order valence-corrected chi connectivity index (χ2v) is 32.8. The largest absolute Gasteiger partial charge is 0.456 e. The Hall–Kier alpha value is -15.2. The van der Waals surface area contributed by atoms with Crippen LogP contribution in [0.4, 0.5) is 0 Å². The molecule has 0 unspecified atom stereocenters. The number of aromatic nitrogens is 6. The lowest BCUT2D eigenvalue weighted by atomic mass is 10.1. The van der Waals surface area contributed by atoms with Crippen LogP contribution in [0.25, 0.3) is 207 Å². The Morgan fingerprint density at radius 1 is 0.167 bits per heavy atom. The van der Waals surface area contributed by atoms with E-state index in [1.54, 1.807) is 0 Å². The summed E-state index contributed by atoms with van der Waals surface area (Å²) < 4.78 is 23.2.